The van der Waals surface area contributed by atoms with Crippen LogP contribution in [0.3, 0.4) is 0 Å². The highest BCUT2D eigenvalue weighted by Gasteiger charge is 2.73. The zero-order valence-electron chi connectivity index (χ0n) is 12.1. The molecule has 2 rings (SSSR count). The molecule has 2 aliphatic heterocycles. The van der Waals surface area contributed by atoms with Gasteiger partial charge >= 0.3 is 12.4 Å². The van der Waals surface area contributed by atoms with Gasteiger partial charge in [0.25, 0.3) is 0 Å². The van der Waals surface area contributed by atoms with Crippen molar-refractivity contribution in [2.75, 3.05) is 26.2 Å². The van der Waals surface area contributed by atoms with Crippen molar-refractivity contribution < 1.29 is 35.9 Å². The number of hydrogen-bond donors (Lipinski definition) is 1. The van der Waals surface area contributed by atoms with Gasteiger partial charge in [0.05, 0.1) is 12.7 Å². The van der Waals surface area contributed by atoms with Crippen molar-refractivity contribution in [2.24, 2.45) is 5.41 Å². The predicted molar refractivity (Wildman–Crippen MR) is 70.2 cm³/mol. The summed E-state index contributed by atoms with van der Waals surface area (Å²) < 4.78 is 83.0. The molecule has 2 atom stereocenters. The molecule has 1 amide bonds. The van der Waals surface area contributed by atoms with Crippen molar-refractivity contribution >= 4 is 18.3 Å². The van der Waals surface area contributed by atoms with Crippen LogP contribution in [0.15, 0.2) is 0 Å². The van der Waals surface area contributed by atoms with Crippen LogP contribution in [0.1, 0.15) is 13.3 Å². The molecule has 0 aliphatic carbocycles. The summed E-state index contributed by atoms with van der Waals surface area (Å²) in [4.78, 5) is 12.8. The fraction of sp³-hybridized carbons (Fsp3) is 0.917. The first-order valence-corrected chi connectivity index (χ1v) is 6.77. The van der Waals surface area contributed by atoms with Crippen molar-refractivity contribution in [3.8, 4) is 0 Å². The lowest BCUT2D eigenvalue weighted by Crippen LogP contribution is -2.57. The minimum Gasteiger partial charge on any atom is -0.375 e. The molecule has 4 nitrogen and oxygen atoms in total. The van der Waals surface area contributed by atoms with E-state index in [2.05, 4.69) is 5.32 Å². The second kappa shape index (κ2) is 6.64. The average molecular weight is 371 g/mol. The number of likely N-dealkylation sites (tertiary alicyclic amines) is 1. The predicted octanol–water partition coefficient (Wildman–Crippen LogP) is 2.13. The fourth-order valence-corrected chi connectivity index (χ4v) is 2.83. The normalized spacial score (nSPS) is 28.4. The van der Waals surface area contributed by atoms with Gasteiger partial charge in [-0.25, -0.2) is 0 Å². The Kier molecular flexibility index (Phi) is 5.86. The van der Waals surface area contributed by atoms with Gasteiger partial charge in [0, 0.05) is 19.6 Å². The average Bonchev–Trinajstić information content (AvgIpc) is 2.84. The van der Waals surface area contributed by atoms with Crippen LogP contribution in [-0.2, 0) is 9.53 Å². The number of amides is 1. The molecule has 11 heteroatoms. The quantitative estimate of drug-likeness (QED) is 0.719. The Morgan fingerprint density at radius 2 is 1.78 bits per heavy atom. The van der Waals surface area contributed by atoms with E-state index in [1.807, 2.05) is 0 Å². The van der Waals surface area contributed by atoms with E-state index in [0.717, 1.165) is 0 Å². The van der Waals surface area contributed by atoms with Crippen LogP contribution in [-0.4, -0.2) is 61.5 Å². The molecular weight excluding hydrogens is 354 g/mol. The minimum atomic E-state index is -5.46. The standard InChI is InChI=1S/C12H16F6N2O2.ClH/c1-7-8(19-3-5-22-7)9(21)20-4-2-10(6-20,11(13,14)15)12(16,17)18;/h7-8,19H,2-6H2,1H3;1H/t7-,8+;/m1./s1. The second-order valence-electron chi connectivity index (χ2n) is 5.60. The summed E-state index contributed by atoms with van der Waals surface area (Å²) in [6.45, 7) is 0.219. The maximum Gasteiger partial charge on any atom is 0.404 e. The topological polar surface area (TPSA) is 41.6 Å². The number of morpholine rings is 1. The van der Waals surface area contributed by atoms with Gasteiger partial charge in [0.15, 0.2) is 5.41 Å². The van der Waals surface area contributed by atoms with Gasteiger partial charge in [-0.1, -0.05) is 0 Å². The molecule has 0 aromatic rings. The largest absolute Gasteiger partial charge is 0.404 e. The lowest BCUT2D eigenvalue weighted by molar-refractivity contribution is -0.334. The van der Waals surface area contributed by atoms with Gasteiger partial charge in [0.1, 0.15) is 6.04 Å². The smallest absolute Gasteiger partial charge is 0.375 e. The first-order chi connectivity index (χ1) is 9.99. The third kappa shape index (κ3) is 3.53. The minimum absolute atomic E-state index is 0. The van der Waals surface area contributed by atoms with Gasteiger partial charge in [-0.2, -0.15) is 26.3 Å². The molecular formula is C12H17ClF6N2O2. The summed E-state index contributed by atoms with van der Waals surface area (Å²) in [5, 5.41) is 2.77. The van der Waals surface area contributed by atoms with Crippen molar-refractivity contribution in [1.29, 1.82) is 0 Å². The molecule has 0 saturated carbocycles. The number of alkyl halides is 6. The summed E-state index contributed by atoms with van der Waals surface area (Å²) in [7, 11) is 0. The van der Waals surface area contributed by atoms with Crippen LogP contribution in [0, 0.1) is 5.41 Å². The number of hydrogen-bond acceptors (Lipinski definition) is 3. The Labute approximate surface area is 134 Å². The number of carbonyl (C=O) groups excluding carboxylic acids is 1. The molecule has 2 heterocycles. The Morgan fingerprint density at radius 3 is 2.22 bits per heavy atom. The van der Waals surface area contributed by atoms with Crippen molar-refractivity contribution in [3.63, 3.8) is 0 Å². The third-order valence-corrected chi connectivity index (χ3v) is 4.25. The number of halogens is 7. The van der Waals surface area contributed by atoms with Crippen LogP contribution < -0.4 is 5.32 Å². The van der Waals surface area contributed by atoms with Crippen LogP contribution in [0.25, 0.3) is 0 Å². The lowest BCUT2D eigenvalue weighted by Gasteiger charge is -2.35. The molecule has 0 spiro atoms. The van der Waals surface area contributed by atoms with E-state index >= 15 is 0 Å². The molecule has 0 radical (unpaired) electrons. The highest BCUT2D eigenvalue weighted by atomic mass is 35.5. The van der Waals surface area contributed by atoms with E-state index in [-0.39, 0.29) is 12.4 Å². The molecule has 23 heavy (non-hydrogen) atoms. The maximum absolute atomic E-state index is 13.0. The Morgan fingerprint density at radius 1 is 1.22 bits per heavy atom. The van der Waals surface area contributed by atoms with Crippen LogP contribution in [0.2, 0.25) is 0 Å². The Balaban J connectivity index is 0.00000264. The van der Waals surface area contributed by atoms with Gasteiger partial charge in [-0.05, 0) is 13.3 Å². The van der Waals surface area contributed by atoms with Crippen LogP contribution >= 0.6 is 12.4 Å². The van der Waals surface area contributed by atoms with Gasteiger partial charge in [0.2, 0.25) is 5.91 Å². The molecule has 2 saturated heterocycles. The summed E-state index contributed by atoms with van der Waals surface area (Å²) in [5.41, 5.74) is -3.85. The molecule has 0 aromatic carbocycles. The molecule has 0 unspecified atom stereocenters. The van der Waals surface area contributed by atoms with E-state index < -0.39 is 55.3 Å². The van der Waals surface area contributed by atoms with E-state index in [0.29, 0.717) is 18.1 Å². The maximum atomic E-state index is 13.0. The Bertz CT molecular complexity index is 428. The van der Waals surface area contributed by atoms with E-state index in [9.17, 15) is 31.1 Å². The SMILES string of the molecule is C[C@H]1OCCN[C@@H]1C(=O)N1CCC(C(F)(F)F)(C(F)(F)F)C1.Cl. The molecule has 2 fully saturated rings. The fourth-order valence-electron chi connectivity index (χ4n) is 2.83. The lowest BCUT2D eigenvalue weighted by atomic mass is 9.85. The molecule has 136 valence electrons. The van der Waals surface area contributed by atoms with Crippen LogP contribution in [0.5, 0.6) is 0 Å². The van der Waals surface area contributed by atoms with Gasteiger partial charge in [-0.15, -0.1) is 12.4 Å². The summed E-state index contributed by atoms with van der Waals surface area (Å²) in [6.07, 6.45) is -12.7. The van der Waals surface area contributed by atoms with Gasteiger partial charge < -0.3 is 15.0 Å². The van der Waals surface area contributed by atoms with E-state index in [1.165, 1.54) is 0 Å². The number of nitrogens with one attached hydrogen (secondary N) is 1. The number of ether oxygens (including phenoxy) is 1. The van der Waals surface area contributed by atoms with Crippen molar-refractivity contribution in [3.05, 3.63) is 0 Å². The highest BCUT2D eigenvalue weighted by molar-refractivity contribution is 5.85. The first-order valence-electron chi connectivity index (χ1n) is 6.77. The van der Waals surface area contributed by atoms with Crippen molar-refractivity contribution in [1.82, 2.24) is 10.2 Å². The zero-order chi connectivity index (χ0) is 16.8. The zero-order valence-corrected chi connectivity index (χ0v) is 12.9. The molecule has 2 aliphatic rings. The highest BCUT2D eigenvalue weighted by Crippen LogP contribution is 2.55. The van der Waals surface area contributed by atoms with E-state index in [4.69, 9.17) is 4.74 Å². The summed E-state index contributed by atoms with van der Waals surface area (Å²) in [6, 6.07) is -0.925. The first kappa shape index (κ1) is 20.3. The second-order valence-corrected chi connectivity index (χ2v) is 5.60. The number of nitrogens with zero attached hydrogens (tertiary/aromatic N) is 1. The van der Waals surface area contributed by atoms with Gasteiger partial charge in [-0.3, -0.25) is 4.79 Å². The number of rotatable bonds is 1. The van der Waals surface area contributed by atoms with E-state index in [1.54, 1.807) is 6.92 Å². The van der Waals surface area contributed by atoms with Crippen LogP contribution in [0.4, 0.5) is 26.3 Å². The monoisotopic (exact) mass is 370 g/mol. The molecule has 1 N–H and O–H groups in total. The number of carbonyl (C=O) groups is 1. The Hall–Kier alpha value is -0.740. The molecule has 0 aromatic heterocycles. The van der Waals surface area contributed by atoms with Crippen molar-refractivity contribution in [2.45, 2.75) is 37.8 Å². The molecule has 0 bridgehead atoms. The summed E-state index contributed by atoms with van der Waals surface area (Å²) >= 11 is 0. The summed E-state index contributed by atoms with van der Waals surface area (Å²) in [5.74, 6) is -0.789. The third-order valence-electron chi connectivity index (χ3n) is 4.25.